The van der Waals surface area contributed by atoms with Crippen molar-refractivity contribution in [3.8, 4) is 0 Å². The van der Waals surface area contributed by atoms with Crippen LogP contribution in [0.15, 0.2) is 0 Å². The Morgan fingerprint density at radius 1 is 0.850 bits per heavy atom. The van der Waals surface area contributed by atoms with Gasteiger partial charge in [0.05, 0.1) is 0 Å². The highest BCUT2D eigenvalue weighted by Gasteiger charge is 2.58. The monoisotopic (exact) mass is 290 g/mol. The summed E-state index contributed by atoms with van der Waals surface area (Å²) < 4.78 is 0. The van der Waals surface area contributed by atoms with Crippen LogP contribution in [0.25, 0.3) is 0 Å². The van der Waals surface area contributed by atoms with E-state index in [9.17, 15) is 0 Å². The average molecular weight is 291 g/mol. The van der Waals surface area contributed by atoms with E-state index >= 15 is 0 Å². The van der Waals surface area contributed by atoms with Crippen LogP contribution < -0.4 is 0 Å². The number of hydrogen-bond donors (Lipinski definition) is 0. The van der Waals surface area contributed by atoms with Crippen molar-refractivity contribution in [1.82, 2.24) is 0 Å². The third-order valence-corrected chi connectivity index (χ3v) is 8.59. The van der Waals surface area contributed by atoms with E-state index in [0.29, 0.717) is 10.8 Å². The fourth-order valence-electron chi connectivity index (χ4n) is 7.18. The first-order valence-electron chi connectivity index (χ1n) is 9.16. The molecule has 4 aliphatic carbocycles. The third kappa shape index (κ3) is 1.74. The zero-order valence-electron chi connectivity index (χ0n) is 13.1. The largest absolute Gasteiger partial charge is 0.0928 e. The van der Waals surface area contributed by atoms with E-state index in [1.165, 1.54) is 70.6 Å². The van der Waals surface area contributed by atoms with Gasteiger partial charge >= 0.3 is 0 Å². The van der Waals surface area contributed by atoms with Crippen molar-refractivity contribution in [3.63, 3.8) is 0 Å². The standard InChI is InChI=1S/C19H30S/c1-18-10-4-6-16(18)15-8-7-14-5-2-3-11-19(14,13-20)17(15)9-12-18/h13-17H,2-12H2,1H3/t14?,15-,16-,17-,18-,19+/m0/s1. The topological polar surface area (TPSA) is 0 Å². The van der Waals surface area contributed by atoms with Gasteiger partial charge in [-0.3, -0.25) is 0 Å². The molecule has 0 saturated heterocycles. The second kappa shape index (κ2) is 4.80. The Morgan fingerprint density at radius 2 is 1.75 bits per heavy atom. The maximum absolute atomic E-state index is 5.65. The molecule has 20 heavy (non-hydrogen) atoms. The predicted octanol–water partition coefficient (Wildman–Crippen LogP) is 5.79. The highest BCUT2D eigenvalue weighted by molar-refractivity contribution is 7.79. The normalized spacial score (nSPS) is 54.6. The van der Waals surface area contributed by atoms with E-state index in [4.69, 9.17) is 12.2 Å². The molecule has 0 aromatic carbocycles. The fraction of sp³-hybridized carbons (Fsp3) is 0.947. The van der Waals surface area contributed by atoms with E-state index < -0.39 is 0 Å². The lowest BCUT2D eigenvalue weighted by Crippen LogP contribution is -2.53. The van der Waals surface area contributed by atoms with E-state index in [-0.39, 0.29) is 0 Å². The van der Waals surface area contributed by atoms with Crippen molar-refractivity contribution in [2.24, 2.45) is 34.5 Å². The molecule has 0 aliphatic heterocycles. The molecule has 4 rings (SSSR count). The van der Waals surface area contributed by atoms with Crippen LogP contribution in [0.3, 0.4) is 0 Å². The molecule has 4 aliphatic rings. The summed E-state index contributed by atoms with van der Waals surface area (Å²) in [7, 11) is 0. The summed E-state index contributed by atoms with van der Waals surface area (Å²) in [6.07, 6.45) is 16.3. The quantitative estimate of drug-likeness (QED) is 0.551. The van der Waals surface area contributed by atoms with Crippen LogP contribution in [0, 0.1) is 34.5 Å². The molecule has 0 aromatic rings. The Labute approximate surface area is 130 Å². The number of thiocarbonyl (C=S) groups is 1. The van der Waals surface area contributed by atoms with Crippen LogP contribution in [0.2, 0.25) is 0 Å². The molecule has 0 aromatic heterocycles. The maximum atomic E-state index is 5.65. The van der Waals surface area contributed by atoms with Crippen LogP contribution in [0.1, 0.15) is 77.6 Å². The van der Waals surface area contributed by atoms with E-state index in [1.54, 1.807) is 0 Å². The Hall–Kier alpha value is 0.0900. The first kappa shape index (κ1) is 13.7. The minimum absolute atomic E-state index is 0.473. The molecule has 1 unspecified atom stereocenters. The molecule has 4 fully saturated rings. The van der Waals surface area contributed by atoms with E-state index in [1.807, 2.05) is 0 Å². The maximum Gasteiger partial charge on any atom is 0.00455 e. The zero-order chi connectivity index (χ0) is 13.8. The zero-order valence-corrected chi connectivity index (χ0v) is 13.9. The molecule has 0 bridgehead atoms. The lowest BCUT2D eigenvalue weighted by Gasteiger charge is -2.59. The SMILES string of the molecule is C[C@@]12CCC[C@H]1[C@@H]1CCC3CCCC[C@]3(C=S)[C@H]1CC2. The molecule has 0 radical (unpaired) electrons. The Bertz CT molecular complexity index is 403. The summed E-state index contributed by atoms with van der Waals surface area (Å²) in [6.45, 7) is 2.61. The minimum atomic E-state index is 0.473. The van der Waals surface area contributed by atoms with Gasteiger partial charge in [0.2, 0.25) is 0 Å². The van der Waals surface area contributed by atoms with Crippen LogP contribution in [-0.4, -0.2) is 5.37 Å². The minimum Gasteiger partial charge on any atom is -0.0928 e. The molecule has 0 N–H and O–H groups in total. The van der Waals surface area contributed by atoms with E-state index in [2.05, 4.69) is 12.3 Å². The number of rotatable bonds is 1. The van der Waals surface area contributed by atoms with Crippen molar-refractivity contribution in [3.05, 3.63) is 0 Å². The van der Waals surface area contributed by atoms with Gasteiger partial charge in [-0.05, 0) is 85.8 Å². The number of hydrogen-bond acceptors (Lipinski definition) is 1. The summed E-state index contributed by atoms with van der Waals surface area (Å²) in [6, 6.07) is 0. The first-order valence-corrected chi connectivity index (χ1v) is 9.63. The van der Waals surface area contributed by atoms with Gasteiger partial charge in [0, 0.05) is 5.41 Å². The fourth-order valence-corrected chi connectivity index (χ4v) is 7.67. The molecule has 0 heterocycles. The number of fused-ring (bicyclic) bond motifs is 5. The van der Waals surface area contributed by atoms with Crippen molar-refractivity contribution < 1.29 is 0 Å². The molecular formula is C19H30S. The summed E-state index contributed by atoms with van der Waals surface area (Å²) in [5.74, 6) is 3.96. The van der Waals surface area contributed by atoms with Crippen LogP contribution >= 0.6 is 12.2 Å². The van der Waals surface area contributed by atoms with Crippen molar-refractivity contribution in [2.75, 3.05) is 0 Å². The van der Waals surface area contributed by atoms with Gasteiger partial charge < -0.3 is 0 Å². The van der Waals surface area contributed by atoms with Crippen LogP contribution in [0.5, 0.6) is 0 Å². The third-order valence-electron chi connectivity index (χ3n) is 8.15. The molecule has 1 heteroatoms. The Kier molecular flexibility index (Phi) is 3.29. The Balaban J connectivity index is 1.68. The van der Waals surface area contributed by atoms with Crippen molar-refractivity contribution in [1.29, 1.82) is 0 Å². The lowest BCUT2D eigenvalue weighted by molar-refractivity contribution is -0.0737. The molecule has 0 spiro atoms. The second-order valence-corrected chi connectivity index (χ2v) is 8.95. The molecule has 4 saturated carbocycles. The summed E-state index contributed by atoms with van der Waals surface area (Å²) in [5, 5.41) is 2.28. The van der Waals surface area contributed by atoms with Crippen LogP contribution in [0.4, 0.5) is 0 Å². The average Bonchev–Trinajstić information content (AvgIpc) is 2.88. The highest BCUT2D eigenvalue weighted by Crippen LogP contribution is 2.65. The molecular weight excluding hydrogens is 260 g/mol. The smallest absolute Gasteiger partial charge is 0.00455 e. The van der Waals surface area contributed by atoms with Crippen molar-refractivity contribution >= 4 is 17.6 Å². The van der Waals surface area contributed by atoms with E-state index in [0.717, 1.165) is 23.7 Å². The lowest BCUT2D eigenvalue weighted by atomic mass is 9.45. The van der Waals surface area contributed by atoms with Crippen molar-refractivity contribution in [2.45, 2.75) is 77.6 Å². The second-order valence-electron chi connectivity index (χ2n) is 8.71. The van der Waals surface area contributed by atoms with Gasteiger partial charge in [0.15, 0.2) is 0 Å². The highest BCUT2D eigenvalue weighted by atomic mass is 32.1. The van der Waals surface area contributed by atoms with Gasteiger partial charge in [0.1, 0.15) is 0 Å². The molecule has 112 valence electrons. The summed E-state index contributed by atoms with van der Waals surface area (Å²) in [5.41, 5.74) is 1.17. The first-order chi connectivity index (χ1) is 9.70. The van der Waals surface area contributed by atoms with Gasteiger partial charge in [-0.2, -0.15) is 0 Å². The molecule has 6 atom stereocenters. The van der Waals surface area contributed by atoms with Gasteiger partial charge in [-0.15, -0.1) is 0 Å². The summed E-state index contributed by atoms with van der Waals surface area (Å²) in [4.78, 5) is 0. The molecule has 0 amide bonds. The predicted molar refractivity (Wildman–Crippen MR) is 88.9 cm³/mol. The van der Waals surface area contributed by atoms with Crippen LogP contribution in [-0.2, 0) is 0 Å². The van der Waals surface area contributed by atoms with Gasteiger partial charge in [0.25, 0.3) is 0 Å². The molecule has 0 nitrogen and oxygen atoms in total. The Morgan fingerprint density at radius 3 is 2.60 bits per heavy atom. The van der Waals surface area contributed by atoms with Gasteiger partial charge in [-0.25, -0.2) is 0 Å². The summed E-state index contributed by atoms with van der Waals surface area (Å²) >= 11 is 5.65. The van der Waals surface area contributed by atoms with Gasteiger partial charge in [-0.1, -0.05) is 38.4 Å².